The Morgan fingerprint density at radius 1 is 1.27 bits per heavy atom. The predicted molar refractivity (Wildman–Crippen MR) is 51.6 cm³/mol. The lowest BCUT2D eigenvalue weighted by Crippen LogP contribution is -1.91. The fraction of sp³-hybridized carbons (Fsp3) is 0. The van der Waals surface area contributed by atoms with Crippen molar-refractivity contribution in [1.29, 1.82) is 0 Å². The molecular formula is C6H4F2INS. The van der Waals surface area contributed by atoms with Gasteiger partial charge in [0.2, 0.25) is 0 Å². The second kappa shape index (κ2) is 4.10. The van der Waals surface area contributed by atoms with Gasteiger partial charge in [-0.1, -0.05) is 6.07 Å². The third-order valence-electron chi connectivity index (χ3n) is 1.10. The van der Waals surface area contributed by atoms with Crippen LogP contribution in [-0.4, -0.2) is 0 Å². The number of anilines is 1. The molecule has 0 aromatic heterocycles. The van der Waals surface area contributed by atoms with Gasteiger partial charge in [-0.15, -0.1) is 0 Å². The zero-order valence-corrected chi connectivity index (χ0v) is 8.25. The molecule has 0 amide bonds. The van der Waals surface area contributed by atoms with Gasteiger partial charge in [0, 0.05) is 30.3 Å². The molecule has 1 nitrogen and oxygen atoms in total. The van der Waals surface area contributed by atoms with Crippen LogP contribution in [-0.2, 0) is 0 Å². The second-order valence-corrected chi connectivity index (χ2v) is 3.46. The summed E-state index contributed by atoms with van der Waals surface area (Å²) in [5.41, 5.74) is -0.0908. The van der Waals surface area contributed by atoms with Gasteiger partial charge in [-0.25, -0.2) is 8.78 Å². The van der Waals surface area contributed by atoms with Crippen LogP contribution < -0.4 is 4.72 Å². The van der Waals surface area contributed by atoms with Crippen molar-refractivity contribution < 1.29 is 8.78 Å². The number of halogens is 3. The van der Waals surface area contributed by atoms with Crippen LogP contribution in [0.1, 0.15) is 0 Å². The molecule has 0 bridgehead atoms. The molecule has 5 heteroatoms. The van der Waals surface area contributed by atoms with Crippen LogP contribution in [0.3, 0.4) is 0 Å². The number of para-hydroxylation sites is 1. The van der Waals surface area contributed by atoms with E-state index in [9.17, 15) is 8.78 Å². The van der Waals surface area contributed by atoms with Gasteiger partial charge >= 0.3 is 0 Å². The number of hydrogen-bond donors (Lipinski definition) is 1. The minimum absolute atomic E-state index is 0.0908. The van der Waals surface area contributed by atoms with Crippen LogP contribution >= 0.6 is 30.3 Å². The van der Waals surface area contributed by atoms with Gasteiger partial charge in [0.15, 0.2) is 0 Å². The number of hydrogen-bond acceptors (Lipinski definition) is 2. The van der Waals surface area contributed by atoms with Gasteiger partial charge in [-0.05, 0) is 12.1 Å². The summed E-state index contributed by atoms with van der Waals surface area (Å²) < 4.78 is 27.9. The Labute approximate surface area is 79.3 Å². The summed E-state index contributed by atoms with van der Waals surface area (Å²) in [5, 5.41) is 0. The Morgan fingerprint density at radius 3 is 2.27 bits per heavy atom. The van der Waals surface area contributed by atoms with E-state index in [0.717, 1.165) is 9.12 Å². The molecule has 0 unspecified atom stereocenters. The van der Waals surface area contributed by atoms with Gasteiger partial charge in [0.05, 0.1) is 0 Å². The van der Waals surface area contributed by atoms with Crippen LogP contribution in [0.2, 0.25) is 0 Å². The van der Waals surface area contributed by atoms with E-state index in [1.165, 1.54) is 18.2 Å². The third kappa shape index (κ3) is 2.19. The first kappa shape index (κ1) is 9.05. The van der Waals surface area contributed by atoms with Crippen LogP contribution in [0.15, 0.2) is 18.2 Å². The number of benzene rings is 1. The van der Waals surface area contributed by atoms with Gasteiger partial charge in [-0.3, -0.25) is 0 Å². The molecule has 1 aromatic carbocycles. The Morgan fingerprint density at radius 2 is 1.82 bits per heavy atom. The Hall–Kier alpha value is -0.0400. The molecule has 0 heterocycles. The first-order valence-corrected chi connectivity index (χ1v) is 6.09. The largest absolute Gasteiger partial charge is 0.316 e. The average molecular weight is 287 g/mol. The molecule has 1 aromatic rings. The highest BCUT2D eigenvalue weighted by atomic mass is 127. The maximum absolute atomic E-state index is 12.7. The van der Waals surface area contributed by atoms with Crippen molar-refractivity contribution in [2.24, 2.45) is 0 Å². The first-order valence-electron chi connectivity index (χ1n) is 2.73. The highest BCUT2D eigenvalue weighted by Crippen LogP contribution is 2.23. The standard InChI is InChI=1S/C6H4F2INS/c7-4-2-1-3-5(8)6(4)10-11-9/h1-3,10H. The number of nitrogens with one attached hydrogen (secondary N) is 1. The van der Waals surface area contributed by atoms with E-state index in [1.807, 2.05) is 21.2 Å². The number of rotatable bonds is 2. The first-order chi connectivity index (χ1) is 5.25. The smallest absolute Gasteiger partial charge is 0.150 e. The summed E-state index contributed by atoms with van der Waals surface area (Å²) >= 11 is 1.90. The van der Waals surface area contributed by atoms with Gasteiger partial charge in [0.25, 0.3) is 0 Å². The van der Waals surface area contributed by atoms with E-state index in [0.29, 0.717) is 0 Å². The van der Waals surface area contributed by atoms with E-state index in [-0.39, 0.29) is 5.69 Å². The Balaban J connectivity index is 3.00. The molecule has 0 spiro atoms. The zero-order chi connectivity index (χ0) is 8.27. The summed E-state index contributed by atoms with van der Waals surface area (Å²) in [4.78, 5) is 0. The SMILES string of the molecule is Fc1cccc(F)c1NSI. The molecular weight excluding hydrogens is 283 g/mol. The Kier molecular flexibility index (Phi) is 3.38. The molecule has 0 aliphatic carbocycles. The molecule has 1 N–H and O–H groups in total. The lowest BCUT2D eigenvalue weighted by molar-refractivity contribution is 0.592. The molecule has 60 valence electrons. The molecule has 0 saturated carbocycles. The van der Waals surface area contributed by atoms with Crippen LogP contribution in [0.5, 0.6) is 0 Å². The maximum atomic E-state index is 12.7. The molecule has 11 heavy (non-hydrogen) atoms. The van der Waals surface area contributed by atoms with Crippen LogP contribution in [0.25, 0.3) is 0 Å². The van der Waals surface area contributed by atoms with Crippen molar-refractivity contribution in [3.8, 4) is 0 Å². The molecule has 1 rings (SSSR count). The zero-order valence-electron chi connectivity index (χ0n) is 5.27. The monoisotopic (exact) mass is 287 g/mol. The minimum Gasteiger partial charge on any atom is -0.316 e. The molecule has 0 aliphatic heterocycles. The van der Waals surface area contributed by atoms with E-state index in [1.54, 1.807) is 0 Å². The maximum Gasteiger partial charge on any atom is 0.150 e. The van der Waals surface area contributed by atoms with Crippen molar-refractivity contribution in [2.45, 2.75) is 0 Å². The summed E-state index contributed by atoms with van der Waals surface area (Å²) in [6.45, 7) is 0. The fourth-order valence-corrected chi connectivity index (χ4v) is 1.57. The lowest BCUT2D eigenvalue weighted by atomic mass is 10.3. The van der Waals surface area contributed by atoms with Crippen molar-refractivity contribution >= 4 is 36.0 Å². The Bertz CT molecular complexity index is 236. The normalized spacial score (nSPS) is 9.73. The molecule has 0 aliphatic rings. The summed E-state index contributed by atoms with van der Waals surface area (Å²) in [5.74, 6) is -1.15. The van der Waals surface area contributed by atoms with Gasteiger partial charge in [-0.2, -0.15) is 0 Å². The van der Waals surface area contributed by atoms with E-state index >= 15 is 0 Å². The van der Waals surface area contributed by atoms with Crippen molar-refractivity contribution in [1.82, 2.24) is 0 Å². The molecule has 0 saturated heterocycles. The van der Waals surface area contributed by atoms with Gasteiger partial charge in [0.1, 0.15) is 17.3 Å². The van der Waals surface area contributed by atoms with Crippen LogP contribution in [0.4, 0.5) is 14.5 Å². The fourth-order valence-electron chi connectivity index (χ4n) is 0.634. The quantitative estimate of drug-likeness (QED) is 0.661. The van der Waals surface area contributed by atoms with Crippen molar-refractivity contribution in [3.63, 3.8) is 0 Å². The highest BCUT2D eigenvalue weighted by molar-refractivity contribution is 14.2. The molecule has 0 radical (unpaired) electrons. The topological polar surface area (TPSA) is 12.0 Å². The lowest BCUT2D eigenvalue weighted by Gasteiger charge is -2.02. The minimum atomic E-state index is -0.575. The summed E-state index contributed by atoms with van der Waals surface area (Å²) in [6, 6.07) is 3.74. The van der Waals surface area contributed by atoms with Gasteiger partial charge < -0.3 is 4.72 Å². The summed E-state index contributed by atoms with van der Waals surface area (Å²) in [6.07, 6.45) is 0. The van der Waals surface area contributed by atoms with Crippen molar-refractivity contribution in [3.05, 3.63) is 29.8 Å². The highest BCUT2D eigenvalue weighted by Gasteiger charge is 2.05. The van der Waals surface area contributed by atoms with Crippen molar-refractivity contribution in [2.75, 3.05) is 4.72 Å². The van der Waals surface area contributed by atoms with E-state index in [2.05, 4.69) is 4.72 Å². The van der Waals surface area contributed by atoms with E-state index < -0.39 is 11.6 Å². The molecule has 0 fully saturated rings. The summed E-state index contributed by atoms with van der Waals surface area (Å²) in [7, 11) is 1.12. The third-order valence-corrected chi connectivity index (χ3v) is 2.05. The average Bonchev–Trinajstić information content (AvgIpc) is 1.97. The van der Waals surface area contributed by atoms with E-state index in [4.69, 9.17) is 0 Å². The van der Waals surface area contributed by atoms with Crippen LogP contribution in [0, 0.1) is 11.6 Å². The molecule has 0 atom stereocenters. The second-order valence-electron chi connectivity index (χ2n) is 1.78. The predicted octanol–water partition coefficient (Wildman–Crippen LogP) is 3.37.